The Hall–Kier alpha value is 0.110. The summed E-state index contributed by atoms with van der Waals surface area (Å²) in [4.78, 5) is 0. The first-order valence-electron chi connectivity index (χ1n) is 6.90. The Bertz CT molecular complexity index is 286. The van der Waals surface area contributed by atoms with Gasteiger partial charge in [0, 0.05) is 22.6 Å². The standard InChI is InChI=1S/C13H23NOS/c15-16-9-3-8-14-11-4-7-13(10-12(11)16)5-1-2-6-13/h11-12,14H,1-10H2. The van der Waals surface area contributed by atoms with Crippen LogP contribution in [-0.2, 0) is 10.8 Å². The molecule has 3 fully saturated rings. The van der Waals surface area contributed by atoms with Crippen molar-refractivity contribution in [3.8, 4) is 0 Å². The SMILES string of the molecule is O=S1CCCNC2CCC3(CCCC3)CC21. The zero-order valence-corrected chi connectivity index (χ0v) is 10.9. The Morgan fingerprint density at radius 2 is 1.94 bits per heavy atom. The highest BCUT2D eigenvalue weighted by Gasteiger charge is 2.44. The molecule has 1 saturated heterocycles. The van der Waals surface area contributed by atoms with Gasteiger partial charge in [-0.15, -0.1) is 0 Å². The number of rotatable bonds is 0. The lowest BCUT2D eigenvalue weighted by Gasteiger charge is -2.41. The third kappa shape index (κ3) is 1.97. The minimum Gasteiger partial charge on any atom is -0.313 e. The van der Waals surface area contributed by atoms with Gasteiger partial charge in [0.25, 0.3) is 0 Å². The highest BCUT2D eigenvalue weighted by molar-refractivity contribution is 7.85. The Kier molecular flexibility index (Phi) is 3.09. The smallest absolute Gasteiger partial charge is 0.0506 e. The molecule has 0 aromatic carbocycles. The fraction of sp³-hybridized carbons (Fsp3) is 1.00. The lowest BCUT2D eigenvalue weighted by atomic mass is 9.71. The molecule has 1 aliphatic heterocycles. The Morgan fingerprint density at radius 3 is 2.75 bits per heavy atom. The monoisotopic (exact) mass is 241 g/mol. The van der Waals surface area contributed by atoms with Crippen LogP contribution in [0.3, 0.4) is 0 Å². The molecular weight excluding hydrogens is 218 g/mol. The first-order chi connectivity index (χ1) is 7.79. The molecule has 3 heteroatoms. The van der Waals surface area contributed by atoms with Crippen molar-refractivity contribution in [1.82, 2.24) is 5.32 Å². The molecule has 2 nitrogen and oxygen atoms in total. The van der Waals surface area contributed by atoms with Gasteiger partial charge in [0.15, 0.2) is 0 Å². The molecule has 3 atom stereocenters. The second-order valence-corrected chi connectivity index (χ2v) is 7.76. The number of nitrogens with one attached hydrogen (secondary N) is 1. The molecule has 3 unspecified atom stereocenters. The Labute approximate surface area is 101 Å². The zero-order chi connectivity index (χ0) is 11.0. The van der Waals surface area contributed by atoms with Crippen LogP contribution in [0.4, 0.5) is 0 Å². The maximum Gasteiger partial charge on any atom is 0.0506 e. The average molecular weight is 241 g/mol. The van der Waals surface area contributed by atoms with E-state index in [9.17, 15) is 4.21 Å². The summed E-state index contributed by atoms with van der Waals surface area (Å²) < 4.78 is 12.3. The van der Waals surface area contributed by atoms with E-state index < -0.39 is 10.8 Å². The predicted octanol–water partition coefficient (Wildman–Crippen LogP) is 2.21. The fourth-order valence-corrected chi connectivity index (χ4v) is 5.93. The van der Waals surface area contributed by atoms with Gasteiger partial charge in [0.2, 0.25) is 0 Å². The molecule has 1 heterocycles. The molecule has 3 aliphatic rings. The summed E-state index contributed by atoms with van der Waals surface area (Å²) in [6.45, 7) is 1.08. The van der Waals surface area contributed by atoms with Gasteiger partial charge in [-0.2, -0.15) is 0 Å². The second-order valence-electron chi connectivity index (χ2n) is 5.99. The summed E-state index contributed by atoms with van der Waals surface area (Å²) in [5.74, 6) is 0.935. The van der Waals surface area contributed by atoms with Gasteiger partial charge in [-0.3, -0.25) is 4.21 Å². The van der Waals surface area contributed by atoms with Crippen LogP contribution in [0.15, 0.2) is 0 Å². The maximum absolute atomic E-state index is 12.3. The van der Waals surface area contributed by atoms with Crippen molar-refractivity contribution >= 4 is 10.8 Å². The number of fused-ring (bicyclic) bond motifs is 1. The first kappa shape index (κ1) is 11.2. The van der Waals surface area contributed by atoms with Crippen LogP contribution >= 0.6 is 0 Å². The molecule has 0 radical (unpaired) electrons. The topological polar surface area (TPSA) is 29.1 Å². The normalized spacial score (nSPS) is 42.9. The zero-order valence-electron chi connectivity index (χ0n) is 10.0. The largest absolute Gasteiger partial charge is 0.313 e. The van der Waals surface area contributed by atoms with Gasteiger partial charge in [0.1, 0.15) is 0 Å². The maximum atomic E-state index is 12.3. The first-order valence-corrected chi connectivity index (χ1v) is 8.28. The number of hydrogen-bond donors (Lipinski definition) is 1. The Balaban J connectivity index is 1.77. The van der Waals surface area contributed by atoms with Crippen LogP contribution in [0, 0.1) is 5.41 Å². The van der Waals surface area contributed by atoms with E-state index in [-0.39, 0.29) is 0 Å². The van der Waals surface area contributed by atoms with Gasteiger partial charge in [0.05, 0.1) is 5.25 Å². The van der Waals surface area contributed by atoms with E-state index in [1.807, 2.05) is 0 Å². The Morgan fingerprint density at radius 1 is 1.12 bits per heavy atom. The summed E-state index contributed by atoms with van der Waals surface area (Å²) in [6.07, 6.45) is 10.7. The summed E-state index contributed by atoms with van der Waals surface area (Å²) in [6, 6.07) is 0.564. The van der Waals surface area contributed by atoms with E-state index in [1.165, 1.54) is 44.9 Å². The molecule has 2 aliphatic carbocycles. The van der Waals surface area contributed by atoms with Gasteiger partial charge in [-0.25, -0.2) is 0 Å². The molecule has 0 bridgehead atoms. The summed E-state index contributed by atoms with van der Waals surface area (Å²) in [5.41, 5.74) is 0.600. The van der Waals surface area contributed by atoms with Crippen molar-refractivity contribution in [3.05, 3.63) is 0 Å². The highest BCUT2D eigenvalue weighted by Crippen LogP contribution is 2.50. The van der Waals surface area contributed by atoms with E-state index in [0.717, 1.165) is 18.7 Å². The van der Waals surface area contributed by atoms with Crippen LogP contribution in [0.1, 0.15) is 51.4 Å². The van der Waals surface area contributed by atoms with Crippen molar-refractivity contribution < 1.29 is 4.21 Å². The summed E-state index contributed by atoms with van der Waals surface area (Å²) in [5, 5.41) is 4.09. The molecule has 0 aromatic rings. The van der Waals surface area contributed by atoms with E-state index in [4.69, 9.17) is 0 Å². The van der Waals surface area contributed by atoms with Gasteiger partial charge in [-0.05, 0) is 50.5 Å². The van der Waals surface area contributed by atoms with Crippen LogP contribution in [-0.4, -0.2) is 27.8 Å². The average Bonchev–Trinajstić information content (AvgIpc) is 2.66. The second kappa shape index (κ2) is 4.41. The van der Waals surface area contributed by atoms with E-state index in [1.54, 1.807) is 0 Å². The predicted molar refractivity (Wildman–Crippen MR) is 68.0 cm³/mol. The van der Waals surface area contributed by atoms with Crippen molar-refractivity contribution in [2.24, 2.45) is 5.41 Å². The van der Waals surface area contributed by atoms with Crippen molar-refractivity contribution in [1.29, 1.82) is 0 Å². The quantitative estimate of drug-likeness (QED) is 0.704. The van der Waals surface area contributed by atoms with Gasteiger partial charge in [-0.1, -0.05) is 12.8 Å². The van der Waals surface area contributed by atoms with Crippen LogP contribution < -0.4 is 5.32 Å². The fourth-order valence-electron chi connectivity index (χ4n) is 4.06. The summed E-state index contributed by atoms with van der Waals surface area (Å²) >= 11 is 0. The third-order valence-corrected chi connectivity index (χ3v) is 6.86. The molecule has 1 spiro atoms. The summed E-state index contributed by atoms with van der Waals surface area (Å²) in [7, 11) is -0.559. The van der Waals surface area contributed by atoms with Gasteiger partial charge < -0.3 is 5.32 Å². The van der Waals surface area contributed by atoms with Gasteiger partial charge >= 0.3 is 0 Å². The van der Waals surface area contributed by atoms with E-state index in [2.05, 4.69) is 5.32 Å². The molecule has 0 aromatic heterocycles. The van der Waals surface area contributed by atoms with Crippen LogP contribution in [0.25, 0.3) is 0 Å². The number of hydrogen-bond acceptors (Lipinski definition) is 2. The third-order valence-electron chi connectivity index (χ3n) is 5.00. The molecule has 0 amide bonds. The lowest BCUT2D eigenvalue weighted by Crippen LogP contribution is -2.47. The lowest BCUT2D eigenvalue weighted by molar-refractivity contribution is 0.175. The molecular formula is C13H23NOS. The molecule has 3 rings (SSSR count). The molecule has 2 saturated carbocycles. The van der Waals surface area contributed by atoms with Crippen molar-refractivity contribution in [3.63, 3.8) is 0 Å². The highest BCUT2D eigenvalue weighted by atomic mass is 32.2. The minimum absolute atomic E-state index is 0.467. The van der Waals surface area contributed by atoms with E-state index >= 15 is 0 Å². The molecule has 92 valence electrons. The molecule has 1 N–H and O–H groups in total. The molecule has 16 heavy (non-hydrogen) atoms. The van der Waals surface area contributed by atoms with Crippen LogP contribution in [0.2, 0.25) is 0 Å². The van der Waals surface area contributed by atoms with Crippen molar-refractivity contribution in [2.75, 3.05) is 12.3 Å². The van der Waals surface area contributed by atoms with E-state index in [0.29, 0.717) is 16.7 Å². The van der Waals surface area contributed by atoms with Crippen LogP contribution in [0.5, 0.6) is 0 Å². The minimum atomic E-state index is -0.559. The van der Waals surface area contributed by atoms with Crippen molar-refractivity contribution in [2.45, 2.75) is 62.7 Å².